The van der Waals surface area contributed by atoms with Gasteiger partial charge >= 0.3 is 6.03 Å². The molecular formula is C18H25FN2O2. The normalized spacial score (nSPS) is 22.3. The molecule has 5 heteroatoms. The molecule has 4 nitrogen and oxygen atoms in total. The number of urea groups is 1. The highest BCUT2D eigenvalue weighted by molar-refractivity contribution is 5.74. The first kappa shape index (κ1) is 16.2. The van der Waals surface area contributed by atoms with Crippen molar-refractivity contribution in [2.45, 2.75) is 25.7 Å². The van der Waals surface area contributed by atoms with Gasteiger partial charge in [0.25, 0.3) is 0 Å². The number of halogens is 1. The number of likely N-dealkylation sites (tertiary alicyclic amines) is 1. The Hall–Kier alpha value is -1.62. The van der Waals surface area contributed by atoms with Crippen LogP contribution < -0.4 is 5.32 Å². The number of ether oxygens (including phenoxy) is 1. The molecule has 1 atom stereocenters. The third kappa shape index (κ3) is 4.67. The molecule has 0 aromatic heterocycles. The zero-order chi connectivity index (χ0) is 16.1. The van der Waals surface area contributed by atoms with Gasteiger partial charge in [-0.2, -0.15) is 0 Å². The number of nitrogens with zero attached hydrogens (tertiary/aromatic N) is 1. The maximum atomic E-state index is 12.9. The first-order chi connectivity index (χ1) is 11.2. The van der Waals surface area contributed by atoms with Crippen LogP contribution in [0.25, 0.3) is 0 Å². The SMILES string of the molecule is O=C(NCC1CCOCC1)N1CCC(Cc2ccc(F)cc2)C1. The highest BCUT2D eigenvalue weighted by Gasteiger charge is 2.26. The van der Waals surface area contributed by atoms with Gasteiger partial charge in [-0.15, -0.1) is 0 Å². The lowest BCUT2D eigenvalue weighted by atomic mass is 9.99. The van der Waals surface area contributed by atoms with E-state index in [4.69, 9.17) is 4.74 Å². The summed E-state index contributed by atoms with van der Waals surface area (Å²) in [5.41, 5.74) is 1.14. The van der Waals surface area contributed by atoms with E-state index in [1.54, 1.807) is 0 Å². The molecule has 2 fully saturated rings. The minimum Gasteiger partial charge on any atom is -0.381 e. The van der Waals surface area contributed by atoms with Gasteiger partial charge in [-0.25, -0.2) is 9.18 Å². The summed E-state index contributed by atoms with van der Waals surface area (Å²) in [4.78, 5) is 14.2. The van der Waals surface area contributed by atoms with Gasteiger partial charge in [0.1, 0.15) is 5.82 Å². The monoisotopic (exact) mass is 320 g/mol. The van der Waals surface area contributed by atoms with Crippen molar-refractivity contribution in [3.05, 3.63) is 35.6 Å². The lowest BCUT2D eigenvalue weighted by Crippen LogP contribution is -2.41. The molecule has 0 aliphatic carbocycles. The summed E-state index contributed by atoms with van der Waals surface area (Å²) < 4.78 is 18.3. The van der Waals surface area contributed by atoms with Crippen LogP contribution in [0.5, 0.6) is 0 Å². The Bertz CT molecular complexity index is 514. The third-order valence-electron chi connectivity index (χ3n) is 4.89. The van der Waals surface area contributed by atoms with Crippen LogP contribution in [0.4, 0.5) is 9.18 Å². The molecule has 2 amide bonds. The fraction of sp³-hybridized carbons (Fsp3) is 0.611. The standard InChI is InChI=1S/C18H25FN2O2/c19-17-3-1-14(2-4-17)11-16-5-8-21(13-16)18(22)20-12-15-6-9-23-10-7-15/h1-4,15-16H,5-13H2,(H,20,22). The fourth-order valence-corrected chi connectivity index (χ4v) is 3.43. The molecule has 0 spiro atoms. The van der Waals surface area contributed by atoms with Crippen molar-refractivity contribution in [2.75, 3.05) is 32.8 Å². The Kier molecular flexibility index (Phi) is 5.49. The van der Waals surface area contributed by atoms with Crippen LogP contribution in [0.3, 0.4) is 0 Å². The second-order valence-corrected chi connectivity index (χ2v) is 6.67. The number of carbonyl (C=O) groups is 1. The number of hydrogen-bond acceptors (Lipinski definition) is 2. The molecule has 23 heavy (non-hydrogen) atoms. The number of rotatable bonds is 4. The molecule has 0 saturated carbocycles. The number of benzene rings is 1. The predicted molar refractivity (Wildman–Crippen MR) is 86.7 cm³/mol. The van der Waals surface area contributed by atoms with E-state index >= 15 is 0 Å². The van der Waals surface area contributed by atoms with E-state index in [2.05, 4.69) is 5.32 Å². The minimum absolute atomic E-state index is 0.0538. The van der Waals surface area contributed by atoms with Crippen LogP contribution >= 0.6 is 0 Å². The summed E-state index contributed by atoms with van der Waals surface area (Å²) >= 11 is 0. The van der Waals surface area contributed by atoms with Crippen LogP contribution in [-0.2, 0) is 11.2 Å². The van der Waals surface area contributed by atoms with E-state index in [1.807, 2.05) is 17.0 Å². The van der Waals surface area contributed by atoms with Crippen molar-refractivity contribution in [2.24, 2.45) is 11.8 Å². The van der Waals surface area contributed by atoms with Crippen molar-refractivity contribution in [1.82, 2.24) is 10.2 Å². The first-order valence-corrected chi connectivity index (χ1v) is 8.55. The van der Waals surface area contributed by atoms with Crippen LogP contribution in [0.1, 0.15) is 24.8 Å². The Morgan fingerprint density at radius 1 is 1.17 bits per heavy atom. The quantitative estimate of drug-likeness (QED) is 0.927. The molecule has 2 saturated heterocycles. The zero-order valence-corrected chi connectivity index (χ0v) is 13.5. The zero-order valence-electron chi connectivity index (χ0n) is 13.5. The molecule has 1 N–H and O–H groups in total. The molecule has 126 valence electrons. The van der Waals surface area contributed by atoms with Gasteiger partial charge in [-0.3, -0.25) is 0 Å². The van der Waals surface area contributed by atoms with Crippen LogP contribution in [-0.4, -0.2) is 43.8 Å². The number of hydrogen-bond donors (Lipinski definition) is 1. The highest BCUT2D eigenvalue weighted by atomic mass is 19.1. The van der Waals surface area contributed by atoms with Gasteiger partial charge in [0.15, 0.2) is 0 Å². The van der Waals surface area contributed by atoms with Gasteiger partial charge in [0.05, 0.1) is 0 Å². The molecular weight excluding hydrogens is 295 g/mol. The van der Waals surface area contributed by atoms with Crippen molar-refractivity contribution < 1.29 is 13.9 Å². The summed E-state index contributed by atoms with van der Waals surface area (Å²) in [5.74, 6) is 0.814. The second-order valence-electron chi connectivity index (χ2n) is 6.67. The summed E-state index contributed by atoms with van der Waals surface area (Å²) in [6.45, 7) is 3.97. The molecule has 2 aliphatic rings. The van der Waals surface area contributed by atoms with E-state index in [0.717, 1.165) is 64.1 Å². The molecule has 0 bridgehead atoms. The van der Waals surface area contributed by atoms with Crippen molar-refractivity contribution >= 4 is 6.03 Å². The van der Waals surface area contributed by atoms with Gasteiger partial charge in [0.2, 0.25) is 0 Å². The summed E-state index contributed by atoms with van der Waals surface area (Å²) in [5, 5.41) is 3.07. The Labute approximate surface area is 137 Å². The Balaban J connectivity index is 1.41. The van der Waals surface area contributed by atoms with E-state index < -0.39 is 0 Å². The number of nitrogens with one attached hydrogen (secondary N) is 1. The second kappa shape index (κ2) is 7.77. The topological polar surface area (TPSA) is 41.6 Å². The molecule has 1 aromatic rings. The minimum atomic E-state index is -0.200. The smallest absolute Gasteiger partial charge is 0.317 e. The Morgan fingerprint density at radius 3 is 2.65 bits per heavy atom. The fourth-order valence-electron chi connectivity index (χ4n) is 3.43. The predicted octanol–water partition coefficient (Wildman–Crippen LogP) is 2.83. The average molecular weight is 320 g/mol. The molecule has 0 radical (unpaired) electrons. The maximum Gasteiger partial charge on any atom is 0.317 e. The van der Waals surface area contributed by atoms with E-state index in [0.29, 0.717) is 11.8 Å². The number of amides is 2. The van der Waals surface area contributed by atoms with Gasteiger partial charge in [-0.1, -0.05) is 12.1 Å². The van der Waals surface area contributed by atoms with Crippen molar-refractivity contribution in [3.8, 4) is 0 Å². The average Bonchev–Trinajstić information content (AvgIpc) is 3.04. The highest BCUT2D eigenvalue weighted by Crippen LogP contribution is 2.21. The summed E-state index contributed by atoms with van der Waals surface area (Å²) in [6, 6.07) is 6.73. The van der Waals surface area contributed by atoms with Crippen molar-refractivity contribution in [3.63, 3.8) is 0 Å². The molecule has 1 aromatic carbocycles. The maximum absolute atomic E-state index is 12.9. The third-order valence-corrected chi connectivity index (χ3v) is 4.89. The van der Waals surface area contributed by atoms with E-state index in [-0.39, 0.29) is 11.8 Å². The van der Waals surface area contributed by atoms with Crippen molar-refractivity contribution in [1.29, 1.82) is 0 Å². The van der Waals surface area contributed by atoms with Gasteiger partial charge < -0.3 is 15.0 Å². The van der Waals surface area contributed by atoms with E-state index in [9.17, 15) is 9.18 Å². The van der Waals surface area contributed by atoms with Gasteiger partial charge in [0, 0.05) is 32.8 Å². The lowest BCUT2D eigenvalue weighted by molar-refractivity contribution is 0.0665. The largest absolute Gasteiger partial charge is 0.381 e. The van der Waals surface area contributed by atoms with E-state index in [1.165, 1.54) is 12.1 Å². The van der Waals surface area contributed by atoms with Crippen LogP contribution in [0.15, 0.2) is 24.3 Å². The number of carbonyl (C=O) groups excluding carboxylic acids is 1. The summed E-state index contributed by atoms with van der Waals surface area (Å²) in [6.07, 6.45) is 3.99. The van der Waals surface area contributed by atoms with Crippen LogP contribution in [0.2, 0.25) is 0 Å². The Morgan fingerprint density at radius 2 is 1.91 bits per heavy atom. The first-order valence-electron chi connectivity index (χ1n) is 8.55. The molecule has 2 heterocycles. The van der Waals surface area contributed by atoms with Gasteiger partial charge in [-0.05, 0) is 55.2 Å². The lowest BCUT2D eigenvalue weighted by Gasteiger charge is -2.24. The molecule has 3 rings (SSSR count). The molecule has 1 unspecified atom stereocenters. The summed E-state index contributed by atoms with van der Waals surface area (Å²) in [7, 11) is 0. The van der Waals surface area contributed by atoms with Crippen LogP contribution in [0, 0.1) is 17.7 Å². The molecule has 2 aliphatic heterocycles.